The Morgan fingerprint density at radius 1 is 1.09 bits per heavy atom. The maximum absolute atomic E-state index is 12.8. The van der Waals surface area contributed by atoms with Crippen LogP contribution >= 0.6 is 11.3 Å². The van der Waals surface area contributed by atoms with Gasteiger partial charge in [-0.05, 0) is 62.7 Å². The van der Waals surface area contributed by atoms with Crippen molar-refractivity contribution in [3.63, 3.8) is 0 Å². The van der Waals surface area contributed by atoms with Crippen molar-refractivity contribution in [1.29, 1.82) is 0 Å². The minimum absolute atomic E-state index is 0.00174. The van der Waals surface area contributed by atoms with E-state index < -0.39 is 0 Å². The molecule has 2 atom stereocenters. The quantitative estimate of drug-likeness (QED) is 0.544. The number of amides is 2. The van der Waals surface area contributed by atoms with Crippen molar-refractivity contribution in [1.82, 2.24) is 15.2 Å². The number of aromatic nitrogens is 1. The lowest BCUT2D eigenvalue weighted by molar-refractivity contribution is -0.0586. The largest absolute Gasteiger partial charge is 0.494 e. The molecule has 1 aromatic heterocycles. The van der Waals surface area contributed by atoms with Gasteiger partial charge >= 0.3 is 0 Å². The number of hydrogen-bond acceptors (Lipinski definition) is 6. The molecular weight excluding hydrogens is 450 g/mol. The number of thiazole rings is 1. The molecule has 3 aromatic rings. The Labute approximate surface area is 203 Å². The van der Waals surface area contributed by atoms with Gasteiger partial charge in [0.2, 0.25) is 0 Å². The van der Waals surface area contributed by atoms with Crippen LogP contribution in [0, 0.1) is 0 Å². The highest BCUT2D eigenvalue weighted by Gasteiger charge is 2.26. The average molecular weight is 480 g/mol. The van der Waals surface area contributed by atoms with Crippen LogP contribution in [0.1, 0.15) is 47.2 Å². The van der Waals surface area contributed by atoms with E-state index in [4.69, 9.17) is 9.47 Å². The Bertz CT molecular complexity index is 1120. The fourth-order valence-corrected chi connectivity index (χ4v) is 4.74. The molecule has 2 amide bonds. The van der Waals surface area contributed by atoms with Gasteiger partial charge in [-0.1, -0.05) is 12.1 Å². The number of hydrogen-bond donors (Lipinski definition) is 1. The third-order valence-electron chi connectivity index (χ3n) is 5.51. The molecule has 8 heteroatoms. The lowest BCUT2D eigenvalue weighted by atomic mass is 10.1. The summed E-state index contributed by atoms with van der Waals surface area (Å²) in [5.74, 6) is 0.578. The normalized spacial score (nSPS) is 17.9. The fraction of sp³-hybridized carbons (Fsp3) is 0.346. The molecule has 1 aliphatic rings. The Kier molecular flexibility index (Phi) is 7.59. The fourth-order valence-electron chi connectivity index (χ4n) is 3.94. The molecule has 4 rings (SSSR count). The third-order valence-corrected chi connectivity index (χ3v) is 6.40. The minimum Gasteiger partial charge on any atom is -0.494 e. The first-order chi connectivity index (χ1) is 16.4. The van der Waals surface area contributed by atoms with Crippen molar-refractivity contribution in [2.24, 2.45) is 0 Å². The predicted molar refractivity (Wildman–Crippen MR) is 132 cm³/mol. The molecular formula is C26H29N3O4S. The van der Waals surface area contributed by atoms with Crippen LogP contribution in [0.4, 0.5) is 0 Å². The summed E-state index contributed by atoms with van der Waals surface area (Å²) >= 11 is 1.43. The Morgan fingerprint density at radius 3 is 2.41 bits per heavy atom. The number of carbonyl (C=O) groups excluding carboxylic acids is 2. The molecule has 178 valence electrons. The summed E-state index contributed by atoms with van der Waals surface area (Å²) in [6.45, 7) is 8.05. The molecule has 1 saturated heterocycles. The van der Waals surface area contributed by atoms with E-state index in [2.05, 4.69) is 10.3 Å². The van der Waals surface area contributed by atoms with Crippen molar-refractivity contribution in [2.75, 3.05) is 19.7 Å². The van der Waals surface area contributed by atoms with Crippen molar-refractivity contribution in [2.45, 2.75) is 39.5 Å². The van der Waals surface area contributed by atoms with E-state index in [-0.39, 0.29) is 24.0 Å². The number of nitrogens with zero attached hydrogens (tertiary/aromatic N) is 2. The highest BCUT2D eigenvalue weighted by Crippen LogP contribution is 2.26. The number of benzene rings is 2. The van der Waals surface area contributed by atoms with Gasteiger partial charge in [0.1, 0.15) is 16.5 Å². The molecule has 34 heavy (non-hydrogen) atoms. The van der Waals surface area contributed by atoms with E-state index in [1.165, 1.54) is 11.3 Å². The molecule has 1 N–H and O–H groups in total. The summed E-state index contributed by atoms with van der Waals surface area (Å²) in [5, 5.41) is 5.44. The molecule has 2 heterocycles. The smallest absolute Gasteiger partial charge is 0.271 e. The van der Waals surface area contributed by atoms with Crippen LogP contribution in [0.5, 0.6) is 5.75 Å². The highest BCUT2D eigenvalue weighted by molar-refractivity contribution is 7.13. The van der Waals surface area contributed by atoms with Gasteiger partial charge in [0, 0.05) is 36.1 Å². The molecule has 1 aliphatic heterocycles. The number of carbonyl (C=O) groups is 2. The Morgan fingerprint density at radius 2 is 1.76 bits per heavy atom. The maximum Gasteiger partial charge on any atom is 0.271 e. The van der Waals surface area contributed by atoms with Gasteiger partial charge in [0.05, 0.1) is 18.8 Å². The molecule has 0 radical (unpaired) electrons. The third kappa shape index (κ3) is 5.81. The average Bonchev–Trinajstić information content (AvgIpc) is 3.33. The molecule has 2 unspecified atom stereocenters. The highest BCUT2D eigenvalue weighted by atomic mass is 32.1. The van der Waals surface area contributed by atoms with E-state index in [0.29, 0.717) is 37.5 Å². The lowest BCUT2D eigenvalue weighted by Gasteiger charge is -2.35. The van der Waals surface area contributed by atoms with Gasteiger partial charge < -0.3 is 19.7 Å². The standard InChI is InChI=1S/C26H29N3O4S/c1-4-32-22-11-9-20(10-12-22)25-28-23(16-34-25)24(30)27-13-19-5-7-21(8-6-19)26(31)29-14-17(2)33-18(3)15-29/h5-12,16-18H,4,13-15H2,1-3H3,(H,27,30). The van der Waals surface area contributed by atoms with Crippen LogP contribution in [-0.2, 0) is 11.3 Å². The first-order valence-corrected chi connectivity index (χ1v) is 12.3. The van der Waals surface area contributed by atoms with Crippen molar-refractivity contribution in [3.05, 3.63) is 70.7 Å². The molecule has 0 spiro atoms. The van der Waals surface area contributed by atoms with Gasteiger partial charge in [-0.3, -0.25) is 9.59 Å². The summed E-state index contributed by atoms with van der Waals surface area (Å²) in [4.78, 5) is 31.7. The van der Waals surface area contributed by atoms with Gasteiger partial charge in [-0.15, -0.1) is 11.3 Å². The molecule has 2 aromatic carbocycles. The number of ether oxygens (including phenoxy) is 2. The van der Waals surface area contributed by atoms with Crippen molar-refractivity contribution < 1.29 is 19.1 Å². The molecule has 0 saturated carbocycles. The predicted octanol–water partition coefficient (Wildman–Crippen LogP) is 4.39. The SMILES string of the molecule is CCOc1ccc(-c2nc(C(=O)NCc3ccc(C(=O)N4CC(C)OC(C)C4)cc3)cs2)cc1. The molecule has 0 bridgehead atoms. The summed E-state index contributed by atoms with van der Waals surface area (Å²) in [5.41, 5.74) is 2.87. The van der Waals surface area contributed by atoms with Crippen LogP contribution in [0.3, 0.4) is 0 Å². The second kappa shape index (κ2) is 10.8. The van der Waals surface area contributed by atoms with E-state index in [1.54, 1.807) is 5.38 Å². The molecule has 1 fully saturated rings. The number of nitrogens with one attached hydrogen (secondary N) is 1. The monoisotopic (exact) mass is 479 g/mol. The van der Waals surface area contributed by atoms with E-state index >= 15 is 0 Å². The molecule has 7 nitrogen and oxygen atoms in total. The van der Waals surface area contributed by atoms with Crippen molar-refractivity contribution in [3.8, 4) is 16.3 Å². The van der Waals surface area contributed by atoms with Gasteiger partial charge in [0.25, 0.3) is 11.8 Å². The first-order valence-electron chi connectivity index (χ1n) is 11.4. The zero-order chi connectivity index (χ0) is 24.1. The summed E-state index contributed by atoms with van der Waals surface area (Å²) < 4.78 is 11.2. The van der Waals surface area contributed by atoms with Gasteiger partial charge in [-0.25, -0.2) is 4.98 Å². The second-order valence-electron chi connectivity index (χ2n) is 8.34. The topological polar surface area (TPSA) is 80.8 Å². The lowest BCUT2D eigenvalue weighted by Crippen LogP contribution is -2.48. The summed E-state index contributed by atoms with van der Waals surface area (Å²) in [6, 6.07) is 15.0. The minimum atomic E-state index is -0.232. The first kappa shape index (κ1) is 23.9. The van der Waals surface area contributed by atoms with Crippen LogP contribution < -0.4 is 10.1 Å². The molecule has 0 aliphatic carbocycles. The maximum atomic E-state index is 12.8. The van der Waals surface area contributed by atoms with Crippen molar-refractivity contribution >= 4 is 23.2 Å². The zero-order valence-corrected chi connectivity index (χ0v) is 20.4. The van der Waals surface area contributed by atoms with E-state index in [0.717, 1.165) is 21.9 Å². The van der Waals surface area contributed by atoms with E-state index in [1.807, 2.05) is 74.2 Å². The van der Waals surface area contributed by atoms with E-state index in [9.17, 15) is 9.59 Å². The summed E-state index contributed by atoms with van der Waals surface area (Å²) in [7, 11) is 0. The number of morpholine rings is 1. The summed E-state index contributed by atoms with van der Waals surface area (Å²) in [6.07, 6.45) is 0.0608. The van der Waals surface area contributed by atoms with Gasteiger partial charge in [0.15, 0.2) is 0 Å². The van der Waals surface area contributed by atoms with Crippen LogP contribution in [-0.4, -0.2) is 53.6 Å². The Balaban J connectivity index is 1.32. The van der Waals surface area contributed by atoms with Crippen LogP contribution in [0.25, 0.3) is 10.6 Å². The zero-order valence-electron chi connectivity index (χ0n) is 19.6. The van der Waals surface area contributed by atoms with Crippen LogP contribution in [0.2, 0.25) is 0 Å². The second-order valence-corrected chi connectivity index (χ2v) is 9.20. The van der Waals surface area contributed by atoms with Crippen LogP contribution in [0.15, 0.2) is 53.9 Å². The van der Waals surface area contributed by atoms with Gasteiger partial charge in [-0.2, -0.15) is 0 Å². The Hall–Kier alpha value is -3.23. The number of rotatable bonds is 7.